The van der Waals surface area contributed by atoms with Gasteiger partial charge in [-0.05, 0) is 63.0 Å². The SMILES string of the molecule is CCC(C)(C)C1CCc2nc3ccccc3c(C(=O)NC(C)(C)C)c2C1. The van der Waals surface area contributed by atoms with Crippen molar-refractivity contribution >= 4 is 16.8 Å². The lowest BCUT2D eigenvalue weighted by Gasteiger charge is -2.37. The molecule has 0 radical (unpaired) electrons. The number of hydrogen-bond donors (Lipinski definition) is 1. The summed E-state index contributed by atoms with van der Waals surface area (Å²) in [4.78, 5) is 18.2. The predicted octanol–water partition coefficient (Wildman–Crippen LogP) is 5.30. The van der Waals surface area contributed by atoms with E-state index in [-0.39, 0.29) is 16.9 Å². The first-order valence-corrected chi connectivity index (χ1v) is 9.85. The molecule has 1 amide bonds. The van der Waals surface area contributed by atoms with Gasteiger partial charge in [-0.15, -0.1) is 0 Å². The molecule has 0 spiro atoms. The average molecular weight is 353 g/mol. The second-order valence-corrected chi connectivity index (χ2v) is 9.42. The summed E-state index contributed by atoms with van der Waals surface area (Å²) < 4.78 is 0. The Kier molecular flexibility index (Phi) is 4.85. The molecular formula is C23H32N2O. The molecule has 1 aromatic carbocycles. The molecule has 140 valence electrons. The van der Waals surface area contributed by atoms with E-state index in [1.165, 1.54) is 5.56 Å². The number of aromatic nitrogens is 1. The normalized spacial score (nSPS) is 17.8. The minimum Gasteiger partial charge on any atom is -0.347 e. The highest BCUT2D eigenvalue weighted by atomic mass is 16.1. The van der Waals surface area contributed by atoms with Gasteiger partial charge in [0.25, 0.3) is 5.91 Å². The lowest BCUT2D eigenvalue weighted by molar-refractivity contribution is 0.0918. The molecule has 1 aliphatic rings. The summed E-state index contributed by atoms with van der Waals surface area (Å²) in [6.07, 6.45) is 4.21. The molecule has 2 aromatic rings. The smallest absolute Gasteiger partial charge is 0.252 e. The molecule has 1 atom stereocenters. The van der Waals surface area contributed by atoms with E-state index in [9.17, 15) is 4.79 Å². The molecule has 3 rings (SSSR count). The van der Waals surface area contributed by atoms with Gasteiger partial charge < -0.3 is 5.32 Å². The fourth-order valence-corrected chi connectivity index (χ4v) is 4.01. The third-order valence-electron chi connectivity index (χ3n) is 5.99. The standard InChI is InChI=1S/C23H32N2O/c1-7-23(5,6)15-12-13-19-17(14-15)20(21(26)25-22(2,3)4)16-10-8-9-11-18(16)24-19/h8-11,15H,7,12-14H2,1-6H3,(H,25,26). The highest BCUT2D eigenvalue weighted by Gasteiger charge is 2.34. The summed E-state index contributed by atoms with van der Waals surface area (Å²) in [5.74, 6) is 0.617. The fraction of sp³-hybridized carbons (Fsp3) is 0.565. The molecule has 0 fully saturated rings. The monoisotopic (exact) mass is 352 g/mol. The Morgan fingerprint density at radius 2 is 1.88 bits per heavy atom. The van der Waals surface area contributed by atoms with Gasteiger partial charge in [0.1, 0.15) is 0 Å². The number of aryl methyl sites for hydroxylation is 1. The van der Waals surface area contributed by atoms with E-state index in [0.29, 0.717) is 5.92 Å². The van der Waals surface area contributed by atoms with Crippen molar-refractivity contribution in [3.63, 3.8) is 0 Å². The summed E-state index contributed by atoms with van der Waals surface area (Å²) in [5.41, 5.74) is 4.08. The van der Waals surface area contributed by atoms with Crippen molar-refractivity contribution in [2.75, 3.05) is 0 Å². The zero-order valence-corrected chi connectivity index (χ0v) is 17.1. The Balaban J connectivity index is 2.15. The van der Waals surface area contributed by atoms with Crippen LogP contribution in [0.25, 0.3) is 10.9 Å². The van der Waals surface area contributed by atoms with E-state index >= 15 is 0 Å². The van der Waals surface area contributed by atoms with Crippen LogP contribution in [0.4, 0.5) is 0 Å². The van der Waals surface area contributed by atoms with E-state index in [4.69, 9.17) is 4.98 Å². The Morgan fingerprint density at radius 1 is 1.19 bits per heavy atom. The summed E-state index contributed by atoms with van der Waals surface area (Å²) in [5, 5.41) is 4.15. The molecule has 1 N–H and O–H groups in total. The number of nitrogens with one attached hydrogen (secondary N) is 1. The van der Waals surface area contributed by atoms with Crippen LogP contribution in [0.2, 0.25) is 0 Å². The quantitative estimate of drug-likeness (QED) is 0.814. The summed E-state index contributed by atoms with van der Waals surface area (Å²) >= 11 is 0. The van der Waals surface area contributed by atoms with E-state index in [0.717, 1.165) is 47.8 Å². The van der Waals surface area contributed by atoms with Crippen molar-refractivity contribution in [3.05, 3.63) is 41.1 Å². The molecule has 0 saturated carbocycles. The van der Waals surface area contributed by atoms with Crippen molar-refractivity contribution in [1.29, 1.82) is 0 Å². The number of benzene rings is 1. The van der Waals surface area contributed by atoms with Crippen molar-refractivity contribution in [2.45, 2.75) is 72.8 Å². The molecule has 1 aromatic heterocycles. The largest absolute Gasteiger partial charge is 0.347 e. The summed E-state index contributed by atoms with van der Waals surface area (Å²) in [6, 6.07) is 8.06. The molecule has 0 aliphatic heterocycles. The third kappa shape index (κ3) is 3.62. The van der Waals surface area contributed by atoms with E-state index in [1.807, 2.05) is 45.0 Å². The average Bonchev–Trinajstić information content (AvgIpc) is 2.57. The molecule has 0 bridgehead atoms. The minimum atomic E-state index is -0.259. The third-order valence-corrected chi connectivity index (χ3v) is 5.99. The van der Waals surface area contributed by atoms with Gasteiger partial charge >= 0.3 is 0 Å². The maximum Gasteiger partial charge on any atom is 0.252 e. The van der Waals surface area contributed by atoms with Crippen LogP contribution < -0.4 is 5.32 Å². The number of rotatable bonds is 3. The fourth-order valence-electron chi connectivity index (χ4n) is 4.01. The van der Waals surface area contributed by atoms with Gasteiger partial charge in [0.15, 0.2) is 0 Å². The number of para-hydroxylation sites is 1. The van der Waals surface area contributed by atoms with Crippen molar-refractivity contribution in [1.82, 2.24) is 10.3 Å². The van der Waals surface area contributed by atoms with Gasteiger partial charge in [-0.25, -0.2) is 0 Å². The Bertz CT molecular complexity index is 830. The molecule has 26 heavy (non-hydrogen) atoms. The first-order chi connectivity index (χ1) is 12.1. The van der Waals surface area contributed by atoms with Crippen molar-refractivity contribution in [2.24, 2.45) is 11.3 Å². The highest BCUT2D eigenvalue weighted by molar-refractivity contribution is 6.08. The number of carbonyl (C=O) groups excluding carboxylic acids is 1. The molecule has 0 saturated heterocycles. The van der Waals surface area contributed by atoms with Gasteiger partial charge in [0, 0.05) is 16.6 Å². The second-order valence-electron chi connectivity index (χ2n) is 9.42. The van der Waals surface area contributed by atoms with Gasteiger partial charge in [0.2, 0.25) is 0 Å². The zero-order valence-electron chi connectivity index (χ0n) is 17.1. The van der Waals surface area contributed by atoms with E-state index < -0.39 is 0 Å². The maximum atomic E-state index is 13.2. The number of pyridine rings is 1. The number of fused-ring (bicyclic) bond motifs is 2. The molecule has 3 heteroatoms. The van der Waals surface area contributed by atoms with Crippen LogP contribution in [0.1, 0.15) is 76.0 Å². The number of hydrogen-bond acceptors (Lipinski definition) is 2. The number of nitrogens with zero attached hydrogens (tertiary/aromatic N) is 1. The van der Waals surface area contributed by atoms with Crippen LogP contribution in [0, 0.1) is 11.3 Å². The van der Waals surface area contributed by atoms with E-state index in [2.05, 4.69) is 26.1 Å². The molecule has 1 heterocycles. The topological polar surface area (TPSA) is 42.0 Å². The minimum absolute atomic E-state index is 0.0299. The van der Waals surface area contributed by atoms with Gasteiger partial charge in [-0.2, -0.15) is 0 Å². The first-order valence-electron chi connectivity index (χ1n) is 9.85. The van der Waals surface area contributed by atoms with E-state index in [1.54, 1.807) is 0 Å². The van der Waals surface area contributed by atoms with Crippen LogP contribution in [-0.2, 0) is 12.8 Å². The van der Waals surface area contributed by atoms with Crippen LogP contribution >= 0.6 is 0 Å². The Labute approximate surface area is 157 Å². The molecular weight excluding hydrogens is 320 g/mol. The van der Waals surface area contributed by atoms with Crippen LogP contribution in [0.3, 0.4) is 0 Å². The lowest BCUT2D eigenvalue weighted by Crippen LogP contribution is -2.41. The van der Waals surface area contributed by atoms with Crippen molar-refractivity contribution < 1.29 is 4.79 Å². The predicted molar refractivity (Wildman–Crippen MR) is 109 cm³/mol. The Morgan fingerprint density at radius 3 is 2.54 bits per heavy atom. The number of amides is 1. The second kappa shape index (κ2) is 6.68. The molecule has 1 unspecified atom stereocenters. The molecule has 3 nitrogen and oxygen atoms in total. The van der Waals surface area contributed by atoms with Gasteiger partial charge in [0.05, 0.1) is 11.1 Å². The van der Waals surface area contributed by atoms with Crippen molar-refractivity contribution in [3.8, 4) is 0 Å². The van der Waals surface area contributed by atoms with Gasteiger partial charge in [-0.3, -0.25) is 9.78 Å². The summed E-state index contributed by atoms with van der Waals surface area (Å²) in [6.45, 7) is 13.1. The van der Waals surface area contributed by atoms with Gasteiger partial charge in [-0.1, -0.05) is 45.4 Å². The van der Waals surface area contributed by atoms with Crippen LogP contribution in [0.5, 0.6) is 0 Å². The Hall–Kier alpha value is -1.90. The summed E-state index contributed by atoms with van der Waals surface area (Å²) in [7, 11) is 0. The zero-order chi connectivity index (χ0) is 19.1. The maximum absolute atomic E-state index is 13.2. The number of carbonyl (C=O) groups is 1. The lowest BCUT2D eigenvalue weighted by atomic mass is 9.68. The molecule has 1 aliphatic carbocycles. The highest BCUT2D eigenvalue weighted by Crippen LogP contribution is 2.41. The van der Waals surface area contributed by atoms with Crippen LogP contribution in [-0.4, -0.2) is 16.4 Å². The first kappa shape index (κ1) is 18.9. The van der Waals surface area contributed by atoms with Crippen LogP contribution in [0.15, 0.2) is 24.3 Å².